The van der Waals surface area contributed by atoms with Gasteiger partial charge in [-0.05, 0) is 25.0 Å². The van der Waals surface area contributed by atoms with E-state index >= 15 is 0 Å². The maximum atomic E-state index is 5.97. The first kappa shape index (κ1) is 10.7. The van der Waals surface area contributed by atoms with Crippen LogP contribution >= 0.6 is 0 Å². The van der Waals surface area contributed by atoms with Crippen molar-refractivity contribution in [1.82, 2.24) is 14.8 Å². The van der Waals surface area contributed by atoms with Crippen LogP contribution in [0, 0.1) is 6.92 Å². The van der Waals surface area contributed by atoms with E-state index in [0.717, 1.165) is 34.6 Å². The highest BCUT2D eigenvalue weighted by Crippen LogP contribution is 2.26. The summed E-state index contributed by atoms with van der Waals surface area (Å²) in [5.41, 5.74) is 10.2. The Hall–Kier alpha value is -1.84. The van der Waals surface area contributed by atoms with Gasteiger partial charge in [0.1, 0.15) is 5.82 Å². The molecule has 0 bridgehead atoms. The summed E-state index contributed by atoms with van der Waals surface area (Å²) in [6.45, 7) is 4.11. The van der Waals surface area contributed by atoms with Crippen LogP contribution in [0.1, 0.15) is 18.1 Å². The molecule has 2 heterocycles. The highest BCUT2D eigenvalue weighted by atomic mass is 15.3. The van der Waals surface area contributed by atoms with E-state index in [1.165, 1.54) is 0 Å². The van der Waals surface area contributed by atoms with Gasteiger partial charge in [-0.3, -0.25) is 9.67 Å². The molecule has 4 nitrogen and oxygen atoms in total. The zero-order chi connectivity index (χ0) is 11.7. The highest BCUT2D eigenvalue weighted by molar-refractivity contribution is 5.68. The molecule has 2 aromatic rings. The second-order valence-corrected chi connectivity index (χ2v) is 3.94. The van der Waals surface area contributed by atoms with Crippen LogP contribution in [-0.4, -0.2) is 14.8 Å². The number of anilines is 1. The fraction of sp³-hybridized carbons (Fsp3) is 0.333. The van der Waals surface area contributed by atoms with Crippen molar-refractivity contribution in [1.29, 1.82) is 0 Å². The molecule has 0 radical (unpaired) electrons. The molecular weight excluding hydrogens is 200 g/mol. The van der Waals surface area contributed by atoms with Crippen LogP contribution in [0.2, 0.25) is 0 Å². The van der Waals surface area contributed by atoms with Gasteiger partial charge in [-0.2, -0.15) is 5.10 Å². The Kier molecular flexibility index (Phi) is 2.64. The van der Waals surface area contributed by atoms with E-state index in [1.54, 1.807) is 4.68 Å². The van der Waals surface area contributed by atoms with Crippen LogP contribution in [0.5, 0.6) is 0 Å². The van der Waals surface area contributed by atoms with Crippen LogP contribution in [0.4, 0.5) is 5.82 Å². The first-order chi connectivity index (χ1) is 7.63. The predicted octanol–water partition coefficient (Wildman–Crippen LogP) is 1.94. The molecule has 0 aliphatic carbocycles. The Balaban J connectivity index is 2.60. The van der Waals surface area contributed by atoms with Crippen LogP contribution in [0.25, 0.3) is 11.3 Å². The average Bonchev–Trinajstić information content (AvgIpc) is 2.55. The summed E-state index contributed by atoms with van der Waals surface area (Å²) in [6.07, 6.45) is 4.54. The van der Waals surface area contributed by atoms with E-state index in [0.29, 0.717) is 0 Å². The lowest BCUT2D eigenvalue weighted by molar-refractivity contribution is 0.781. The van der Waals surface area contributed by atoms with Crippen molar-refractivity contribution in [3.05, 3.63) is 29.6 Å². The number of pyridine rings is 1. The summed E-state index contributed by atoms with van der Waals surface area (Å²) < 4.78 is 1.72. The lowest BCUT2D eigenvalue weighted by Gasteiger charge is -2.01. The first-order valence-electron chi connectivity index (χ1n) is 5.36. The maximum Gasteiger partial charge on any atom is 0.125 e. The van der Waals surface area contributed by atoms with E-state index in [9.17, 15) is 0 Å². The van der Waals surface area contributed by atoms with Crippen LogP contribution in [-0.2, 0) is 13.5 Å². The predicted molar refractivity (Wildman–Crippen MR) is 65.0 cm³/mol. The number of aryl methyl sites for hydroxylation is 2. The minimum Gasteiger partial charge on any atom is -0.384 e. The number of rotatable bonds is 2. The third kappa shape index (κ3) is 1.66. The summed E-state index contributed by atoms with van der Waals surface area (Å²) in [6, 6.07) is 2.08. The van der Waals surface area contributed by atoms with Gasteiger partial charge in [0, 0.05) is 30.6 Å². The average molecular weight is 216 g/mol. The van der Waals surface area contributed by atoms with Gasteiger partial charge in [0.2, 0.25) is 0 Å². The largest absolute Gasteiger partial charge is 0.384 e. The Labute approximate surface area is 95.1 Å². The van der Waals surface area contributed by atoms with Gasteiger partial charge in [-0.25, -0.2) is 0 Å². The number of nitrogen functional groups attached to an aromatic ring is 1. The smallest absolute Gasteiger partial charge is 0.125 e. The van der Waals surface area contributed by atoms with Gasteiger partial charge in [0.15, 0.2) is 0 Å². The zero-order valence-electron chi connectivity index (χ0n) is 9.86. The number of aromatic nitrogens is 3. The highest BCUT2D eigenvalue weighted by Gasteiger charge is 2.13. The number of hydrogen-bond donors (Lipinski definition) is 1. The van der Waals surface area contributed by atoms with E-state index in [2.05, 4.69) is 23.1 Å². The molecule has 0 saturated heterocycles. The molecule has 0 saturated carbocycles. The van der Waals surface area contributed by atoms with Crippen molar-refractivity contribution < 1.29 is 0 Å². The summed E-state index contributed by atoms with van der Waals surface area (Å²) >= 11 is 0. The lowest BCUT2D eigenvalue weighted by Crippen LogP contribution is -1.98. The number of nitrogens with two attached hydrogens (primary N) is 1. The SMILES string of the molecule is CCc1c(-c2cncc(C)c2)nn(C)c1N. The monoisotopic (exact) mass is 216 g/mol. The summed E-state index contributed by atoms with van der Waals surface area (Å²) in [7, 11) is 1.86. The van der Waals surface area contributed by atoms with Crippen molar-refractivity contribution >= 4 is 5.82 Å². The van der Waals surface area contributed by atoms with E-state index in [1.807, 2.05) is 26.4 Å². The molecule has 16 heavy (non-hydrogen) atoms. The van der Waals surface area contributed by atoms with Crippen molar-refractivity contribution in [3.63, 3.8) is 0 Å². The molecule has 0 amide bonds. The molecule has 2 rings (SSSR count). The molecule has 0 spiro atoms. The van der Waals surface area contributed by atoms with Gasteiger partial charge < -0.3 is 5.73 Å². The number of hydrogen-bond acceptors (Lipinski definition) is 3. The Bertz CT molecular complexity index is 514. The molecule has 0 atom stereocenters. The molecule has 0 aromatic carbocycles. The minimum absolute atomic E-state index is 0.735. The molecule has 84 valence electrons. The fourth-order valence-electron chi connectivity index (χ4n) is 1.85. The van der Waals surface area contributed by atoms with Crippen LogP contribution in [0.3, 0.4) is 0 Å². The summed E-state index contributed by atoms with van der Waals surface area (Å²) in [4.78, 5) is 4.18. The van der Waals surface area contributed by atoms with Crippen molar-refractivity contribution in [2.75, 3.05) is 5.73 Å². The van der Waals surface area contributed by atoms with Crippen LogP contribution < -0.4 is 5.73 Å². The number of nitrogens with zero attached hydrogens (tertiary/aromatic N) is 3. The summed E-state index contributed by atoms with van der Waals surface area (Å²) in [5, 5.41) is 4.44. The zero-order valence-corrected chi connectivity index (χ0v) is 9.86. The van der Waals surface area contributed by atoms with E-state index in [-0.39, 0.29) is 0 Å². The van der Waals surface area contributed by atoms with Gasteiger partial charge in [-0.15, -0.1) is 0 Å². The summed E-state index contributed by atoms with van der Waals surface area (Å²) in [5.74, 6) is 0.735. The molecule has 2 aromatic heterocycles. The third-order valence-electron chi connectivity index (χ3n) is 2.70. The lowest BCUT2D eigenvalue weighted by atomic mass is 10.1. The molecule has 0 unspecified atom stereocenters. The van der Waals surface area contributed by atoms with Crippen molar-refractivity contribution in [2.45, 2.75) is 20.3 Å². The van der Waals surface area contributed by atoms with E-state index < -0.39 is 0 Å². The molecule has 0 aliphatic heterocycles. The fourth-order valence-corrected chi connectivity index (χ4v) is 1.85. The van der Waals surface area contributed by atoms with Crippen molar-refractivity contribution in [3.8, 4) is 11.3 Å². The first-order valence-corrected chi connectivity index (χ1v) is 5.36. The minimum atomic E-state index is 0.735. The van der Waals surface area contributed by atoms with Gasteiger partial charge in [-0.1, -0.05) is 6.92 Å². The maximum absolute atomic E-state index is 5.97. The topological polar surface area (TPSA) is 56.7 Å². The molecule has 2 N–H and O–H groups in total. The molecule has 4 heteroatoms. The molecule has 0 fully saturated rings. The Morgan fingerprint density at radius 1 is 1.38 bits per heavy atom. The normalized spacial score (nSPS) is 10.7. The van der Waals surface area contributed by atoms with Crippen molar-refractivity contribution in [2.24, 2.45) is 7.05 Å². The molecular formula is C12H16N4. The Morgan fingerprint density at radius 2 is 2.12 bits per heavy atom. The van der Waals surface area contributed by atoms with E-state index in [4.69, 9.17) is 5.73 Å². The van der Waals surface area contributed by atoms with Crippen LogP contribution in [0.15, 0.2) is 18.5 Å². The second-order valence-electron chi connectivity index (χ2n) is 3.94. The third-order valence-corrected chi connectivity index (χ3v) is 2.70. The standard InChI is InChI=1S/C12H16N4/c1-4-10-11(15-16(3)12(10)13)9-5-8(2)6-14-7-9/h5-7H,4,13H2,1-3H3. The second kappa shape index (κ2) is 3.96. The molecule has 0 aliphatic rings. The van der Waals surface area contributed by atoms with Gasteiger partial charge in [0.25, 0.3) is 0 Å². The quantitative estimate of drug-likeness (QED) is 0.834. The van der Waals surface area contributed by atoms with Gasteiger partial charge >= 0.3 is 0 Å². The van der Waals surface area contributed by atoms with Gasteiger partial charge in [0.05, 0.1) is 5.69 Å². The Morgan fingerprint density at radius 3 is 2.75 bits per heavy atom.